The maximum absolute atomic E-state index is 15.0. The van der Waals surface area contributed by atoms with Crippen molar-refractivity contribution in [3.05, 3.63) is 89.5 Å². The van der Waals surface area contributed by atoms with E-state index in [2.05, 4.69) is 6.08 Å². The molecule has 0 spiro atoms. The van der Waals surface area contributed by atoms with Gasteiger partial charge < -0.3 is 14.2 Å². The van der Waals surface area contributed by atoms with Crippen molar-refractivity contribution in [1.29, 1.82) is 0 Å². The fourth-order valence-corrected chi connectivity index (χ4v) is 4.21. The summed E-state index contributed by atoms with van der Waals surface area (Å²) in [5.74, 6) is -4.13. The second-order valence-electron chi connectivity index (χ2n) is 8.59. The molecular weight excluding hydrogens is 472 g/mol. The summed E-state index contributed by atoms with van der Waals surface area (Å²) >= 11 is 0. The average molecular weight is 501 g/mol. The number of ether oxygens (including phenoxy) is 3. The lowest BCUT2D eigenvalue weighted by atomic mass is 9.98. The molecule has 4 rings (SSSR count). The van der Waals surface area contributed by atoms with Crippen molar-refractivity contribution in [2.45, 2.75) is 33.0 Å². The average Bonchev–Trinajstić information content (AvgIpc) is 2.90. The minimum atomic E-state index is -1.07. The van der Waals surface area contributed by atoms with Crippen molar-refractivity contribution < 1.29 is 31.8 Å². The standard InChI is InChI=1S/C29H28F4O3/c1-3-5-6-7-18-16-35-29(36-17-18)23-13-12-21(25(30)27(23)32)19-8-10-20(11-9-19)22-14-15-24(34-4-2)28(33)26(22)31/h3,5,8-15,18,29H,4,6-7,16-17H2,1-2H3/b5-3+. The van der Waals surface area contributed by atoms with Crippen LogP contribution in [0.1, 0.15) is 38.5 Å². The molecule has 3 aromatic rings. The Morgan fingerprint density at radius 1 is 0.806 bits per heavy atom. The Labute approximate surface area is 208 Å². The molecule has 0 aromatic heterocycles. The van der Waals surface area contributed by atoms with E-state index in [1.807, 2.05) is 13.0 Å². The van der Waals surface area contributed by atoms with E-state index in [0.29, 0.717) is 24.3 Å². The molecule has 1 aliphatic heterocycles. The highest BCUT2D eigenvalue weighted by Gasteiger charge is 2.28. The molecule has 0 N–H and O–H groups in total. The van der Waals surface area contributed by atoms with Crippen LogP contribution in [0, 0.1) is 29.2 Å². The number of benzene rings is 3. The highest BCUT2D eigenvalue weighted by Crippen LogP contribution is 2.35. The molecule has 3 aromatic carbocycles. The number of hydrogen-bond acceptors (Lipinski definition) is 3. The summed E-state index contributed by atoms with van der Waals surface area (Å²) in [6, 6.07) is 11.8. The summed E-state index contributed by atoms with van der Waals surface area (Å²) in [6.07, 6.45) is 4.90. The third-order valence-corrected chi connectivity index (χ3v) is 6.16. The quantitative estimate of drug-likeness (QED) is 0.232. The lowest BCUT2D eigenvalue weighted by Crippen LogP contribution is -2.27. The van der Waals surface area contributed by atoms with Gasteiger partial charge in [-0.2, -0.15) is 4.39 Å². The van der Waals surface area contributed by atoms with E-state index in [4.69, 9.17) is 14.2 Å². The van der Waals surface area contributed by atoms with Crippen molar-refractivity contribution >= 4 is 0 Å². The van der Waals surface area contributed by atoms with E-state index in [1.165, 1.54) is 48.5 Å². The normalized spacial score (nSPS) is 18.1. The predicted molar refractivity (Wildman–Crippen MR) is 130 cm³/mol. The molecule has 1 fully saturated rings. The van der Waals surface area contributed by atoms with Crippen LogP contribution in [0.3, 0.4) is 0 Å². The Balaban J connectivity index is 1.50. The first-order chi connectivity index (χ1) is 17.4. The molecule has 0 bridgehead atoms. The monoisotopic (exact) mass is 500 g/mol. The minimum absolute atomic E-state index is 0.00621. The molecule has 36 heavy (non-hydrogen) atoms. The van der Waals surface area contributed by atoms with Gasteiger partial charge in [0.15, 0.2) is 29.5 Å². The fraction of sp³-hybridized carbons (Fsp3) is 0.310. The van der Waals surface area contributed by atoms with E-state index in [0.717, 1.165) is 12.8 Å². The van der Waals surface area contributed by atoms with Gasteiger partial charge in [0.1, 0.15) is 0 Å². The smallest absolute Gasteiger partial charge is 0.201 e. The molecule has 1 heterocycles. The van der Waals surface area contributed by atoms with Crippen LogP contribution < -0.4 is 4.74 Å². The molecule has 0 radical (unpaired) electrons. The lowest BCUT2D eigenvalue weighted by molar-refractivity contribution is -0.207. The van der Waals surface area contributed by atoms with Gasteiger partial charge in [0.25, 0.3) is 0 Å². The van der Waals surface area contributed by atoms with E-state index in [1.54, 1.807) is 6.92 Å². The predicted octanol–water partition coefficient (Wildman–Crippen LogP) is 7.99. The first-order valence-corrected chi connectivity index (χ1v) is 12.0. The summed E-state index contributed by atoms with van der Waals surface area (Å²) in [5.41, 5.74) is 0.875. The van der Waals surface area contributed by atoms with Crippen molar-refractivity contribution in [3.63, 3.8) is 0 Å². The first-order valence-electron chi connectivity index (χ1n) is 12.0. The van der Waals surface area contributed by atoms with Crippen molar-refractivity contribution in [2.24, 2.45) is 5.92 Å². The molecule has 0 unspecified atom stereocenters. The SMILES string of the molecule is C/C=C/CCC1COC(c2ccc(-c3ccc(-c4ccc(OCC)c(F)c4F)cc3)c(F)c2F)OC1. The van der Waals surface area contributed by atoms with Crippen LogP contribution >= 0.6 is 0 Å². The Bertz CT molecular complexity index is 1220. The Hall–Kier alpha value is -3.16. The van der Waals surface area contributed by atoms with Crippen LogP contribution in [0.15, 0.2) is 60.7 Å². The van der Waals surface area contributed by atoms with E-state index < -0.39 is 29.6 Å². The summed E-state index contributed by atoms with van der Waals surface area (Å²) in [5, 5.41) is 0. The van der Waals surface area contributed by atoms with E-state index in [9.17, 15) is 13.2 Å². The van der Waals surface area contributed by atoms with E-state index in [-0.39, 0.29) is 35.0 Å². The number of allylic oxidation sites excluding steroid dienone is 2. The highest BCUT2D eigenvalue weighted by molar-refractivity contribution is 5.71. The number of hydrogen-bond donors (Lipinski definition) is 0. The molecular formula is C29H28F4O3. The van der Waals surface area contributed by atoms with Gasteiger partial charge in [-0.05, 0) is 49.9 Å². The second kappa shape index (κ2) is 11.7. The van der Waals surface area contributed by atoms with Gasteiger partial charge in [-0.25, -0.2) is 13.2 Å². The summed E-state index contributed by atoms with van der Waals surface area (Å²) in [6.45, 7) is 4.67. The zero-order valence-corrected chi connectivity index (χ0v) is 20.2. The molecule has 190 valence electrons. The summed E-state index contributed by atoms with van der Waals surface area (Å²) < 4.78 is 75.2. The van der Waals surface area contributed by atoms with Gasteiger partial charge in [-0.1, -0.05) is 48.6 Å². The Morgan fingerprint density at radius 2 is 1.39 bits per heavy atom. The molecule has 1 aliphatic rings. The molecule has 7 heteroatoms. The van der Waals surface area contributed by atoms with Crippen molar-refractivity contribution in [2.75, 3.05) is 19.8 Å². The van der Waals surface area contributed by atoms with Crippen molar-refractivity contribution in [3.8, 4) is 28.0 Å². The van der Waals surface area contributed by atoms with Crippen LogP contribution in [-0.2, 0) is 9.47 Å². The second-order valence-corrected chi connectivity index (χ2v) is 8.59. The number of rotatable bonds is 8. The maximum atomic E-state index is 15.0. The molecule has 0 atom stereocenters. The van der Waals surface area contributed by atoms with Gasteiger partial charge in [0.2, 0.25) is 5.82 Å². The fourth-order valence-electron chi connectivity index (χ4n) is 4.21. The molecule has 1 saturated heterocycles. The zero-order valence-electron chi connectivity index (χ0n) is 20.2. The van der Waals surface area contributed by atoms with Crippen LogP contribution in [0.4, 0.5) is 17.6 Å². The first kappa shape index (κ1) is 25.9. The third kappa shape index (κ3) is 5.47. The molecule has 0 aliphatic carbocycles. The largest absolute Gasteiger partial charge is 0.491 e. The summed E-state index contributed by atoms with van der Waals surface area (Å²) in [7, 11) is 0. The molecule has 0 saturated carbocycles. The van der Waals surface area contributed by atoms with E-state index >= 15 is 4.39 Å². The molecule has 3 nitrogen and oxygen atoms in total. The van der Waals surface area contributed by atoms with Crippen LogP contribution in [0.25, 0.3) is 22.3 Å². The van der Waals surface area contributed by atoms with Crippen molar-refractivity contribution in [1.82, 2.24) is 0 Å². The third-order valence-electron chi connectivity index (χ3n) is 6.16. The van der Waals surface area contributed by atoms with Crippen LogP contribution in [0.2, 0.25) is 0 Å². The minimum Gasteiger partial charge on any atom is -0.491 e. The van der Waals surface area contributed by atoms with Gasteiger partial charge >= 0.3 is 0 Å². The Morgan fingerprint density at radius 3 is 1.97 bits per heavy atom. The van der Waals surface area contributed by atoms with Gasteiger partial charge in [0, 0.05) is 22.6 Å². The Kier molecular flexibility index (Phi) is 8.44. The topological polar surface area (TPSA) is 27.7 Å². The zero-order chi connectivity index (χ0) is 25.7. The van der Waals surface area contributed by atoms with Gasteiger partial charge in [-0.3, -0.25) is 0 Å². The number of halogens is 4. The highest BCUT2D eigenvalue weighted by atomic mass is 19.2. The molecule has 0 amide bonds. The maximum Gasteiger partial charge on any atom is 0.201 e. The van der Waals surface area contributed by atoms with Gasteiger partial charge in [0.05, 0.1) is 19.8 Å². The van der Waals surface area contributed by atoms with Gasteiger partial charge in [-0.15, -0.1) is 0 Å². The lowest BCUT2D eigenvalue weighted by Gasteiger charge is -2.29. The summed E-state index contributed by atoms with van der Waals surface area (Å²) in [4.78, 5) is 0. The van der Waals surface area contributed by atoms with Crippen LogP contribution in [0.5, 0.6) is 5.75 Å². The van der Waals surface area contributed by atoms with Crippen LogP contribution in [-0.4, -0.2) is 19.8 Å².